The molecule has 8 heteroatoms. The summed E-state index contributed by atoms with van der Waals surface area (Å²) in [6, 6.07) is 12.8. The fourth-order valence-electron chi connectivity index (χ4n) is 3.94. The number of benzene rings is 2. The van der Waals surface area contributed by atoms with Crippen LogP contribution in [0.5, 0.6) is 11.5 Å². The zero-order valence-electron chi connectivity index (χ0n) is 18.2. The van der Waals surface area contributed by atoms with Gasteiger partial charge in [-0.05, 0) is 24.6 Å². The molecule has 2 aromatic rings. The van der Waals surface area contributed by atoms with Crippen LogP contribution in [0.2, 0.25) is 0 Å². The highest BCUT2D eigenvalue weighted by atomic mass is 32.2. The second kappa shape index (κ2) is 9.34. The van der Waals surface area contributed by atoms with Crippen LogP contribution >= 0.6 is 24.0 Å². The Morgan fingerprint density at radius 3 is 2.47 bits per heavy atom. The van der Waals surface area contributed by atoms with E-state index < -0.39 is 0 Å². The Morgan fingerprint density at radius 1 is 0.969 bits per heavy atom. The number of thioether (sulfide) groups is 1. The third kappa shape index (κ3) is 3.78. The predicted molar refractivity (Wildman–Crippen MR) is 132 cm³/mol. The number of para-hydroxylation sites is 1. The van der Waals surface area contributed by atoms with Crippen LogP contribution in [0.3, 0.4) is 0 Å². The van der Waals surface area contributed by atoms with Crippen molar-refractivity contribution in [2.24, 2.45) is 0 Å². The van der Waals surface area contributed by atoms with Gasteiger partial charge in [0, 0.05) is 18.2 Å². The molecule has 2 amide bonds. The Labute approximate surface area is 197 Å². The van der Waals surface area contributed by atoms with E-state index in [4.69, 9.17) is 21.7 Å². The van der Waals surface area contributed by atoms with E-state index >= 15 is 0 Å². The van der Waals surface area contributed by atoms with Crippen molar-refractivity contribution in [1.29, 1.82) is 0 Å². The van der Waals surface area contributed by atoms with Crippen LogP contribution in [-0.4, -0.2) is 36.9 Å². The SMILES string of the molecule is CCCCCN1C(=O)/C(=C2\SC(=S)N(c3cc(OC)ccc3OC)C2=O)c2ccccc21. The van der Waals surface area contributed by atoms with E-state index in [0.29, 0.717) is 38.5 Å². The zero-order valence-corrected chi connectivity index (χ0v) is 19.8. The van der Waals surface area contributed by atoms with Crippen molar-refractivity contribution < 1.29 is 19.1 Å². The van der Waals surface area contributed by atoms with Gasteiger partial charge >= 0.3 is 0 Å². The lowest BCUT2D eigenvalue weighted by molar-refractivity contribution is -0.115. The lowest BCUT2D eigenvalue weighted by Gasteiger charge is -2.19. The van der Waals surface area contributed by atoms with Crippen molar-refractivity contribution >= 4 is 57.1 Å². The van der Waals surface area contributed by atoms with E-state index in [9.17, 15) is 9.59 Å². The third-order valence-corrected chi connectivity index (χ3v) is 6.90. The van der Waals surface area contributed by atoms with Gasteiger partial charge in [0.1, 0.15) is 11.5 Å². The summed E-state index contributed by atoms with van der Waals surface area (Å²) in [5.74, 6) is 0.583. The number of unbranched alkanes of at least 4 members (excludes halogenated alkanes) is 2. The predicted octanol–water partition coefficient (Wildman–Crippen LogP) is 5.02. The number of nitrogens with zero attached hydrogens (tertiary/aromatic N) is 2. The van der Waals surface area contributed by atoms with Gasteiger partial charge in [0.05, 0.1) is 36.1 Å². The lowest BCUT2D eigenvalue weighted by Crippen LogP contribution is -2.30. The highest BCUT2D eigenvalue weighted by Gasteiger charge is 2.43. The summed E-state index contributed by atoms with van der Waals surface area (Å²) >= 11 is 6.71. The maximum atomic E-state index is 13.6. The fourth-order valence-corrected chi connectivity index (χ4v) is 5.30. The van der Waals surface area contributed by atoms with Crippen molar-refractivity contribution in [3.8, 4) is 11.5 Å². The number of rotatable bonds is 7. The van der Waals surface area contributed by atoms with Gasteiger partial charge in [-0.1, -0.05) is 61.9 Å². The van der Waals surface area contributed by atoms with Crippen LogP contribution in [-0.2, 0) is 9.59 Å². The topological polar surface area (TPSA) is 59.1 Å². The number of hydrogen-bond donors (Lipinski definition) is 0. The van der Waals surface area contributed by atoms with E-state index in [1.54, 1.807) is 30.2 Å². The molecule has 0 bridgehead atoms. The number of anilines is 2. The van der Waals surface area contributed by atoms with E-state index in [0.717, 1.165) is 42.3 Å². The summed E-state index contributed by atoms with van der Waals surface area (Å²) in [5, 5.41) is 0. The molecule has 0 unspecified atom stereocenters. The van der Waals surface area contributed by atoms with Crippen molar-refractivity contribution in [1.82, 2.24) is 0 Å². The summed E-state index contributed by atoms with van der Waals surface area (Å²) in [5.41, 5.74) is 2.52. The molecule has 2 heterocycles. The van der Waals surface area contributed by atoms with E-state index in [-0.39, 0.29) is 11.8 Å². The molecule has 2 aliphatic heterocycles. The molecule has 2 aliphatic rings. The van der Waals surface area contributed by atoms with Gasteiger partial charge in [-0.25, -0.2) is 0 Å². The Morgan fingerprint density at radius 2 is 1.75 bits per heavy atom. The number of fused-ring (bicyclic) bond motifs is 1. The van der Waals surface area contributed by atoms with Gasteiger partial charge in [0.25, 0.3) is 11.8 Å². The maximum absolute atomic E-state index is 13.6. The molecular formula is C24H24N2O4S2. The molecule has 0 spiro atoms. The average Bonchev–Trinajstić information content (AvgIpc) is 3.25. The molecule has 0 atom stereocenters. The number of hydrogen-bond acceptors (Lipinski definition) is 6. The van der Waals surface area contributed by atoms with Gasteiger partial charge in [0.2, 0.25) is 0 Å². The average molecular weight is 469 g/mol. The minimum atomic E-state index is -0.333. The van der Waals surface area contributed by atoms with Crippen molar-refractivity contribution in [3.05, 3.63) is 52.9 Å². The molecule has 1 fully saturated rings. The minimum absolute atomic E-state index is 0.152. The Hall–Kier alpha value is -2.84. The summed E-state index contributed by atoms with van der Waals surface area (Å²) in [7, 11) is 3.09. The molecule has 6 nitrogen and oxygen atoms in total. The molecule has 32 heavy (non-hydrogen) atoms. The second-order valence-electron chi connectivity index (χ2n) is 7.43. The van der Waals surface area contributed by atoms with E-state index in [1.165, 1.54) is 12.0 Å². The number of thiocarbonyl (C=S) groups is 1. The molecule has 1 saturated heterocycles. The molecule has 0 saturated carbocycles. The Bertz CT molecular complexity index is 1130. The number of carbonyl (C=O) groups excluding carboxylic acids is 2. The molecule has 0 radical (unpaired) electrons. The summed E-state index contributed by atoms with van der Waals surface area (Å²) in [4.78, 5) is 30.6. The lowest BCUT2D eigenvalue weighted by atomic mass is 10.1. The van der Waals surface area contributed by atoms with Crippen LogP contribution in [0.15, 0.2) is 47.4 Å². The minimum Gasteiger partial charge on any atom is -0.497 e. The first-order valence-corrected chi connectivity index (χ1v) is 11.7. The number of methoxy groups -OCH3 is 2. The second-order valence-corrected chi connectivity index (χ2v) is 9.08. The summed E-state index contributed by atoms with van der Waals surface area (Å²) in [6.07, 6.45) is 3.02. The highest BCUT2D eigenvalue weighted by molar-refractivity contribution is 8.27. The van der Waals surface area contributed by atoms with Crippen LogP contribution < -0.4 is 19.3 Å². The molecule has 2 aromatic carbocycles. The first-order chi connectivity index (χ1) is 15.5. The molecule has 0 N–H and O–H groups in total. The van der Waals surface area contributed by atoms with Gasteiger partial charge in [-0.3, -0.25) is 14.5 Å². The highest BCUT2D eigenvalue weighted by Crippen LogP contribution is 2.47. The standard InChI is InChI=1S/C24H24N2O4S2/c1-4-5-8-13-25-17-10-7-6-9-16(17)20(22(25)27)21-23(28)26(24(31)32-21)18-14-15(29-2)11-12-19(18)30-3/h6-7,9-12,14H,4-5,8,13H2,1-3H3/b21-20-. The fraction of sp³-hybridized carbons (Fsp3) is 0.292. The first kappa shape index (κ1) is 22.4. The summed E-state index contributed by atoms with van der Waals surface area (Å²) in [6.45, 7) is 2.75. The first-order valence-electron chi connectivity index (χ1n) is 10.5. The van der Waals surface area contributed by atoms with Crippen molar-refractivity contribution in [3.63, 3.8) is 0 Å². The van der Waals surface area contributed by atoms with Gasteiger partial charge in [-0.15, -0.1) is 0 Å². The molecule has 0 aromatic heterocycles. The summed E-state index contributed by atoms with van der Waals surface area (Å²) < 4.78 is 11.1. The van der Waals surface area contributed by atoms with Gasteiger partial charge in [0.15, 0.2) is 4.32 Å². The van der Waals surface area contributed by atoms with Crippen LogP contribution in [0.25, 0.3) is 5.57 Å². The normalized spacial score (nSPS) is 17.9. The molecule has 4 rings (SSSR count). The maximum Gasteiger partial charge on any atom is 0.271 e. The monoisotopic (exact) mass is 468 g/mol. The number of carbonyl (C=O) groups is 2. The Kier molecular flexibility index (Phi) is 6.53. The van der Waals surface area contributed by atoms with Crippen LogP contribution in [0, 0.1) is 0 Å². The van der Waals surface area contributed by atoms with E-state index in [1.807, 2.05) is 24.3 Å². The molecular weight excluding hydrogens is 444 g/mol. The third-order valence-electron chi connectivity index (χ3n) is 5.53. The quantitative estimate of drug-likeness (QED) is 0.323. The molecule has 0 aliphatic carbocycles. The van der Waals surface area contributed by atoms with Crippen molar-refractivity contribution in [2.45, 2.75) is 26.2 Å². The largest absolute Gasteiger partial charge is 0.497 e. The van der Waals surface area contributed by atoms with E-state index in [2.05, 4.69) is 6.92 Å². The Balaban J connectivity index is 1.78. The van der Waals surface area contributed by atoms with Gasteiger partial charge < -0.3 is 14.4 Å². The zero-order chi connectivity index (χ0) is 22.8. The molecule has 166 valence electrons. The van der Waals surface area contributed by atoms with Crippen LogP contribution in [0.4, 0.5) is 11.4 Å². The number of ether oxygens (including phenoxy) is 2. The van der Waals surface area contributed by atoms with Gasteiger partial charge in [-0.2, -0.15) is 0 Å². The smallest absolute Gasteiger partial charge is 0.271 e. The van der Waals surface area contributed by atoms with Crippen LogP contribution in [0.1, 0.15) is 31.7 Å². The number of amides is 2. The van der Waals surface area contributed by atoms with Crippen molar-refractivity contribution in [2.75, 3.05) is 30.6 Å².